The minimum absolute atomic E-state index is 0.245. The van der Waals surface area contributed by atoms with Crippen LogP contribution in [-0.2, 0) is 0 Å². The summed E-state index contributed by atoms with van der Waals surface area (Å²) < 4.78 is 0. The van der Waals surface area contributed by atoms with Gasteiger partial charge in [-0.3, -0.25) is 0 Å². The number of nitrogens with zero attached hydrogens (tertiary/aromatic N) is 4. The molecule has 1 saturated heterocycles. The van der Waals surface area contributed by atoms with Crippen molar-refractivity contribution in [2.75, 3.05) is 23.3 Å². The number of aliphatic hydroxyl groups is 1. The molecule has 154 valence electrons. The number of nitrogens with one attached hydrogen (secondary N) is 1. The predicted octanol–water partition coefficient (Wildman–Crippen LogP) is 4.68. The second kappa shape index (κ2) is 9.00. The lowest BCUT2D eigenvalue weighted by atomic mass is 10.1. The molecule has 30 heavy (non-hydrogen) atoms. The summed E-state index contributed by atoms with van der Waals surface area (Å²) in [7, 11) is 0. The first-order valence-electron chi connectivity index (χ1n) is 10.2. The second-order valence-corrected chi connectivity index (χ2v) is 7.55. The van der Waals surface area contributed by atoms with E-state index in [1.807, 2.05) is 60.7 Å². The number of hydrogen-bond donors (Lipinski definition) is 2. The van der Waals surface area contributed by atoms with E-state index in [9.17, 15) is 10.0 Å². The maximum Gasteiger partial charge on any atom is 0.229 e. The minimum Gasteiger partial charge on any atom is -0.393 e. The van der Waals surface area contributed by atoms with Crippen LogP contribution in [0.1, 0.15) is 31.4 Å². The molecule has 2 N–H and O–H groups in total. The molecular weight excluding hydrogens is 378 g/mol. The van der Waals surface area contributed by atoms with Crippen LogP contribution in [-0.4, -0.2) is 34.3 Å². The molecule has 1 aliphatic heterocycles. The Morgan fingerprint density at radius 2 is 1.83 bits per heavy atom. The Labute approximate surface area is 175 Å². The van der Waals surface area contributed by atoms with Gasteiger partial charge in [0.1, 0.15) is 11.9 Å². The van der Waals surface area contributed by atoms with Crippen LogP contribution in [0.2, 0.25) is 0 Å². The topological polar surface area (TPSA) is 90.7 Å². The van der Waals surface area contributed by atoms with Crippen LogP contribution in [0.15, 0.2) is 65.8 Å². The van der Waals surface area contributed by atoms with E-state index in [0.717, 1.165) is 54.3 Å². The summed E-state index contributed by atoms with van der Waals surface area (Å²) in [4.78, 5) is 22.5. The second-order valence-electron chi connectivity index (χ2n) is 7.55. The van der Waals surface area contributed by atoms with Gasteiger partial charge in [0.2, 0.25) is 5.95 Å². The predicted molar refractivity (Wildman–Crippen MR) is 119 cm³/mol. The third-order valence-corrected chi connectivity index (χ3v) is 5.35. The largest absolute Gasteiger partial charge is 0.393 e. The summed E-state index contributed by atoms with van der Waals surface area (Å²) in [5.41, 5.74) is 3.47. The Hall–Kier alpha value is -3.32. The normalized spacial score (nSPS) is 15.6. The fraction of sp³-hybridized carbons (Fsp3) is 0.304. The molecule has 0 amide bonds. The van der Waals surface area contributed by atoms with Gasteiger partial charge in [0.15, 0.2) is 0 Å². The van der Waals surface area contributed by atoms with Crippen LogP contribution >= 0.6 is 0 Å². The maximum atomic E-state index is 10.9. The molecule has 2 heterocycles. The minimum atomic E-state index is -0.418. The molecule has 7 nitrogen and oxygen atoms in total. The smallest absolute Gasteiger partial charge is 0.229 e. The summed E-state index contributed by atoms with van der Waals surface area (Å²) in [5, 5.41) is 16.2. The van der Waals surface area contributed by atoms with E-state index >= 15 is 0 Å². The first-order valence-corrected chi connectivity index (χ1v) is 10.2. The number of benzene rings is 2. The van der Waals surface area contributed by atoms with Crippen LogP contribution in [0.3, 0.4) is 0 Å². The lowest BCUT2D eigenvalue weighted by Crippen LogP contribution is -2.36. The van der Waals surface area contributed by atoms with E-state index in [2.05, 4.69) is 15.4 Å². The molecule has 1 fully saturated rings. The molecular formula is C23H25N5O2. The number of hydrogen-bond acceptors (Lipinski definition) is 7. The molecule has 4 rings (SSSR count). The molecule has 1 atom stereocenters. The SMILES string of the molecule is CC(N=O)c1cccc(Nc2nc(-c3ccccc3)cc(N3CCC(O)CC3)n2)c1. The van der Waals surface area contributed by atoms with Crippen molar-refractivity contribution >= 4 is 17.5 Å². The molecule has 0 aliphatic carbocycles. The number of rotatable bonds is 6. The molecule has 1 unspecified atom stereocenters. The van der Waals surface area contributed by atoms with Crippen molar-refractivity contribution in [3.05, 3.63) is 71.1 Å². The van der Waals surface area contributed by atoms with Gasteiger partial charge in [-0.2, -0.15) is 9.89 Å². The van der Waals surface area contributed by atoms with Crippen LogP contribution in [0.25, 0.3) is 11.3 Å². The van der Waals surface area contributed by atoms with Gasteiger partial charge in [-0.05, 0) is 37.5 Å². The number of aromatic nitrogens is 2. The zero-order chi connectivity index (χ0) is 20.9. The number of piperidine rings is 1. The highest BCUT2D eigenvalue weighted by Gasteiger charge is 2.20. The summed E-state index contributed by atoms with van der Waals surface area (Å²) in [6.45, 7) is 3.27. The summed E-state index contributed by atoms with van der Waals surface area (Å²) in [6, 6.07) is 19.1. The van der Waals surface area contributed by atoms with Crippen molar-refractivity contribution in [3.63, 3.8) is 0 Å². The summed E-state index contributed by atoms with van der Waals surface area (Å²) >= 11 is 0. The molecule has 2 aromatic carbocycles. The van der Waals surface area contributed by atoms with Crippen molar-refractivity contribution < 1.29 is 5.11 Å². The van der Waals surface area contributed by atoms with Gasteiger partial charge in [-0.25, -0.2) is 4.98 Å². The summed E-state index contributed by atoms with van der Waals surface area (Å²) in [5.74, 6) is 1.32. The van der Waals surface area contributed by atoms with Crippen molar-refractivity contribution in [1.29, 1.82) is 0 Å². The van der Waals surface area contributed by atoms with Gasteiger partial charge in [0, 0.05) is 30.4 Å². The van der Waals surface area contributed by atoms with Crippen molar-refractivity contribution in [2.24, 2.45) is 5.18 Å². The zero-order valence-electron chi connectivity index (χ0n) is 16.9. The first kappa shape index (κ1) is 20.0. The molecule has 0 radical (unpaired) electrons. The van der Waals surface area contributed by atoms with E-state index in [0.29, 0.717) is 5.95 Å². The first-order chi connectivity index (χ1) is 14.6. The molecule has 0 spiro atoms. The third-order valence-electron chi connectivity index (χ3n) is 5.35. The Morgan fingerprint density at radius 1 is 1.07 bits per heavy atom. The summed E-state index contributed by atoms with van der Waals surface area (Å²) in [6.07, 6.45) is 1.21. The van der Waals surface area contributed by atoms with Gasteiger partial charge >= 0.3 is 0 Å². The fourth-order valence-corrected chi connectivity index (χ4v) is 3.57. The van der Waals surface area contributed by atoms with Gasteiger partial charge in [0.05, 0.1) is 11.8 Å². The molecule has 0 bridgehead atoms. The number of nitroso groups, excluding NO2 is 1. The quantitative estimate of drug-likeness (QED) is 0.581. The van der Waals surface area contributed by atoms with Crippen molar-refractivity contribution in [1.82, 2.24) is 9.97 Å². The van der Waals surface area contributed by atoms with E-state index in [1.54, 1.807) is 6.92 Å². The van der Waals surface area contributed by atoms with Crippen LogP contribution in [0.5, 0.6) is 0 Å². The monoisotopic (exact) mass is 403 g/mol. The zero-order valence-corrected chi connectivity index (χ0v) is 16.9. The lowest BCUT2D eigenvalue weighted by Gasteiger charge is -2.30. The number of anilines is 3. The average molecular weight is 403 g/mol. The van der Waals surface area contributed by atoms with E-state index in [-0.39, 0.29) is 6.10 Å². The maximum absolute atomic E-state index is 10.9. The lowest BCUT2D eigenvalue weighted by molar-refractivity contribution is 0.145. The Kier molecular flexibility index (Phi) is 5.99. The molecule has 1 aromatic heterocycles. The van der Waals surface area contributed by atoms with Crippen molar-refractivity contribution in [3.8, 4) is 11.3 Å². The van der Waals surface area contributed by atoms with Gasteiger partial charge in [0.25, 0.3) is 0 Å². The van der Waals surface area contributed by atoms with E-state index in [4.69, 9.17) is 9.97 Å². The molecule has 1 aliphatic rings. The van der Waals surface area contributed by atoms with Crippen LogP contribution in [0, 0.1) is 4.91 Å². The molecule has 7 heteroatoms. The highest BCUT2D eigenvalue weighted by atomic mass is 16.3. The van der Waals surface area contributed by atoms with Crippen LogP contribution < -0.4 is 10.2 Å². The standard InChI is InChI=1S/C23H25N5O2/c1-16(27-30)18-8-5-9-19(14-18)24-23-25-21(17-6-3-2-4-7-17)15-22(26-23)28-12-10-20(29)11-13-28/h2-9,14-16,20,29H,10-13H2,1H3,(H,24,25,26). The average Bonchev–Trinajstić information content (AvgIpc) is 2.79. The molecule has 0 saturated carbocycles. The Morgan fingerprint density at radius 3 is 2.57 bits per heavy atom. The van der Waals surface area contributed by atoms with Gasteiger partial charge in [-0.15, -0.1) is 0 Å². The highest BCUT2D eigenvalue weighted by Crippen LogP contribution is 2.27. The number of aliphatic hydroxyl groups excluding tert-OH is 1. The third kappa shape index (κ3) is 4.63. The Bertz CT molecular complexity index is 1000. The fourth-order valence-electron chi connectivity index (χ4n) is 3.57. The van der Waals surface area contributed by atoms with Gasteiger partial charge in [-0.1, -0.05) is 47.6 Å². The molecule has 3 aromatic rings. The van der Waals surface area contributed by atoms with E-state index in [1.165, 1.54) is 0 Å². The Balaban J connectivity index is 1.68. The van der Waals surface area contributed by atoms with Crippen molar-refractivity contribution in [2.45, 2.75) is 31.9 Å². The van der Waals surface area contributed by atoms with E-state index < -0.39 is 6.04 Å². The van der Waals surface area contributed by atoms with Crippen LogP contribution in [0.4, 0.5) is 17.5 Å². The van der Waals surface area contributed by atoms with Gasteiger partial charge < -0.3 is 15.3 Å². The highest BCUT2D eigenvalue weighted by molar-refractivity contribution is 5.66.